The van der Waals surface area contributed by atoms with Crippen molar-refractivity contribution >= 4 is 11.4 Å². The Hall–Kier alpha value is -1.90. The van der Waals surface area contributed by atoms with Gasteiger partial charge in [0.15, 0.2) is 0 Å². The van der Waals surface area contributed by atoms with Crippen molar-refractivity contribution in [2.45, 2.75) is 26.1 Å². The predicted molar refractivity (Wildman–Crippen MR) is 67.5 cm³/mol. The Morgan fingerprint density at radius 3 is 2.55 bits per heavy atom. The summed E-state index contributed by atoms with van der Waals surface area (Å²) in [5.41, 5.74) is -1.84. The number of nitrogens with one attached hydrogen (secondary N) is 2. The van der Waals surface area contributed by atoms with E-state index in [1.165, 1.54) is 0 Å². The summed E-state index contributed by atoms with van der Waals surface area (Å²) in [4.78, 5) is 13.0. The SMILES string of the molecule is CC(C)NCCNc1cc(C(F)(F)F)ncc1[N+](=O)[O-]. The first kappa shape index (κ1) is 16.2. The fourth-order valence-electron chi connectivity index (χ4n) is 1.45. The van der Waals surface area contributed by atoms with Crippen LogP contribution in [0.5, 0.6) is 0 Å². The largest absolute Gasteiger partial charge is 0.433 e. The van der Waals surface area contributed by atoms with Gasteiger partial charge in [-0.2, -0.15) is 13.2 Å². The fraction of sp³-hybridized carbons (Fsp3) is 0.545. The maximum atomic E-state index is 12.5. The summed E-state index contributed by atoms with van der Waals surface area (Å²) in [7, 11) is 0. The van der Waals surface area contributed by atoms with Gasteiger partial charge in [0.1, 0.15) is 17.6 Å². The lowest BCUT2D eigenvalue weighted by Gasteiger charge is -2.12. The third kappa shape index (κ3) is 4.65. The number of aromatic nitrogens is 1. The Morgan fingerprint density at radius 1 is 1.40 bits per heavy atom. The summed E-state index contributed by atoms with van der Waals surface area (Å²) in [5, 5.41) is 16.4. The van der Waals surface area contributed by atoms with Gasteiger partial charge < -0.3 is 10.6 Å². The molecule has 0 bridgehead atoms. The molecule has 0 saturated carbocycles. The highest BCUT2D eigenvalue weighted by Crippen LogP contribution is 2.32. The van der Waals surface area contributed by atoms with E-state index < -0.39 is 22.5 Å². The molecule has 1 aromatic heterocycles. The molecule has 2 N–H and O–H groups in total. The average molecular weight is 292 g/mol. The van der Waals surface area contributed by atoms with Crippen molar-refractivity contribution in [3.8, 4) is 0 Å². The molecule has 6 nitrogen and oxygen atoms in total. The lowest BCUT2D eigenvalue weighted by molar-refractivity contribution is -0.384. The van der Waals surface area contributed by atoms with Crippen molar-refractivity contribution < 1.29 is 18.1 Å². The molecule has 0 aliphatic carbocycles. The molecule has 0 aliphatic rings. The number of hydrogen-bond acceptors (Lipinski definition) is 5. The summed E-state index contributed by atoms with van der Waals surface area (Å²) in [6.07, 6.45) is -4.03. The number of nitro groups is 1. The van der Waals surface area contributed by atoms with Gasteiger partial charge in [-0.1, -0.05) is 13.8 Å². The van der Waals surface area contributed by atoms with Gasteiger partial charge in [0.25, 0.3) is 0 Å². The van der Waals surface area contributed by atoms with Crippen LogP contribution in [0.3, 0.4) is 0 Å². The molecule has 0 fully saturated rings. The standard InChI is InChI=1S/C11H15F3N4O2/c1-7(2)15-3-4-16-8-5-10(11(12,13)14)17-6-9(8)18(19)20/h5-7,15H,3-4H2,1-2H3,(H,16,17). The molecule has 0 spiro atoms. The molecule has 0 amide bonds. The topological polar surface area (TPSA) is 80.1 Å². The summed E-state index contributed by atoms with van der Waals surface area (Å²) in [6.45, 7) is 4.56. The lowest BCUT2D eigenvalue weighted by Crippen LogP contribution is -2.28. The van der Waals surface area contributed by atoms with E-state index in [9.17, 15) is 23.3 Å². The van der Waals surface area contributed by atoms with Gasteiger partial charge in [-0.05, 0) is 6.07 Å². The van der Waals surface area contributed by atoms with Gasteiger partial charge in [0, 0.05) is 19.1 Å². The molecule has 0 saturated heterocycles. The normalized spacial score (nSPS) is 11.7. The van der Waals surface area contributed by atoms with Crippen LogP contribution in [0.4, 0.5) is 24.5 Å². The van der Waals surface area contributed by atoms with Crippen molar-refractivity contribution in [2.24, 2.45) is 0 Å². The van der Waals surface area contributed by atoms with Gasteiger partial charge in [-0.25, -0.2) is 4.98 Å². The van der Waals surface area contributed by atoms with E-state index in [4.69, 9.17) is 0 Å². The van der Waals surface area contributed by atoms with Crippen molar-refractivity contribution in [3.05, 3.63) is 28.1 Å². The van der Waals surface area contributed by atoms with Crippen molar-refractivity contribution in [2.75, 3.05) is 18.4 Å². The van der Waals surface area contributed by atoms with E-state index in [1.54, 1.807) is 0 Å². The molecule has 1 aromatic rings. The van der Waals surface area contributed by atoms with Crippen LogP contribution in [0.15, 0.2) is 12.3 Å². The molecule has 0 aliphatic heterocycles. The number of anilines is 1. The molecule has 20 heavy (non-hydrogen) atoms. The van der Waals surface area contributed by atoms with Crippen LogP contribution in [0.25, 0.3) is 0 Å². The Labute approximate surface area is 113 Å². The molecular weight excluding hydrogens is 277 g/mol. The van der Waals surface area contributed by atoms with Crippen molar-refractivity contribution in [3.63, 3.8) is 0 Å². The highest BCUT2D eigenvalue weighted by molar-refractivity contribution is 5.61. The van der Waals surface area contributed by atoms with Gasteiger partial charge >= 0.3 is 11.9 Å². The highest BCUT2D eigenvalue weighted by Gasteiger charge is 2.34. The Bertz CT molecular complexity index is 477. The molecule has 0 unspecified atom stereocenters. The van der Waals surface area contributed by atoms with Crippen LogP contribution in [0.2, 0.25) is 0 Å². The van der Waals surface area contributed by atoms with Crippen molar-refractivity contribution in [1.82, 2.24) is 10.3 Å². The van der Waals surface area contributed by atoms with E-state index in [0.29, 0.717) is 18.8 Å². The number of halogens is 3. The maximum absolute atomic E-state index is 12.5. The van der Waals surface area contributed by atoms with Gasteiger partial charge in [0.05, 0.1) is 4.92 Å². The molecular formula is C11H15F3N4O2. The second-order valence-electron chi connectivity index (χ2n) is 4.38. The zero-order valence-electron chi connectivity index (χ0n) is 11.0. The second-order valence-corrected chi connectivity index (χ2v) is 4.38. The van der Waals surface area contributed by atoms with Crippen LogP contribution < -0.4 is 10.6 Å². The Kier molecular flexibility index (Phi) is 5.26. The second kappa shape index (κ2) is 6.51. The highest BCUT2D eigenvalue weighted by atomic mass is 19.4. The molecule has 112 valence electrons. The summed E-state index contributed by atoms with van der Waals surface area (Å²) < 4.78 is 37.6. The van der Waals surface area contributed by atoms with E-state index in [0.717, 1.165) is 0 Å². The average Bonchev–Trinajstić information content (AvgIpc) is 2.32. The van der Waals surface area contributed by atoms with E-state index in [2.05, 4.69) is 15.6 Å². The van der Waals surface area contributed by atoms with Gasteiger partial charge in [0.2, 0.25) is 0 Å². The zero-order chi connectivity index (χ0) is 15.3. The number of alkyl halides is 3. The first-order chi connectivity index (χ1) is 9.21. The van der Waals surface area contributed by atoms with E-state index in [-0.39, 0.29) is 18.3 Å². The first-order valence-electron chi connectivity index (χ1n) is 5.90. The monoisotopic (exact) mass is 292 g/mol. The van der Waals surface area contributed by atoms with Gasteiger partial charge in [-0.3, -0.25) is 10.1 Å². The Morgan fingerprint density at radius 2 is 2.05 bits per heavy atom. The first-order valence-corrected chi connectivity index (χ1v) is 5.90. The van der Waals surface area contributed by atoms with Crippen LogP contribution in [-0.2, 0) is 6.18 Å². The van der Waals surface area contributed by atoms with Gasteiger partial charge in [-0.15, -0.1) is 0 Å². The maximum Gasteiger partial charge on any atom is 0.433 e. The van der Waals surface area contributed by atoms with E-state index in [1.807, 2.05) is 13.8 Å². The lowest BCUT2D eigenvalue weighted by atomic mass is 10.2. The molecule has 0 atom stereocenters. The molecule has 0 aromatic carbocycles. The van der Waals surface area contributed by atoms with E-state index >= 15 is 0 Å². The number of rotatable bonds is 6. The van der Waals surface area contributed by atoms with Crippen LogP contribution in [0.1, 0.15) is 19.5 Å². The Balaban J connectivity index is 2.87. The smallest absolute Gasteiger partial charge is 0.378 e. The van der Waals surface area contributed by atoms with Crippen molar-refractivity contribution in [1.29, 1.82) is 0 Å². The zero-order valence-corrected chi connectivity index (χ0v) is 11.0. The minimum Gasteiger partial charge on any atom is -0.378 e. The number of pyridine rings is 1. The summed E-state index contributed by atoms with van der Waals surface area (Å²) in [6, 6.07) is 0.864. The fourth-order valence-corrected chi connectivity index (χ4v) is 1.45. The van der Waals surface area contributed by atoms with Crippen LogP contribution >= 0.6 is 0 Å². The molecule has 1 rings (SSSR count). The quantitative estimate of drug-likeness (QED) is 0.478. The molecule has 9 heteroatoms. The third-order valence-corrected chi connectivity index (χ3v) is 2.36. The third-order valence-electron chi connectivity index (χ3n) is 2.36. The summed E-state index contributed by atoms with van der Waals surface area (Å²) in [5.74, 6) is 0. The van der Waals surface area contributed by atoms with Crippen LogP contribution in [0, 0.1) is 10.1 Å². The predicted octanol–water partition coefficient (Wildman–Crippen LogP) is 2.42. The molecule has 0 radical (unpaired) electrons. The molecule has 1 heterocycles. The minimum atomic E-state index is -4.64. The van der Waals surface area contributed by atoms with Crippen LogP contribution in [-0.4, -0.2) is 29.0 Å². The minimum absolute atomic E-state index is 0.192. The number of nitrogens with zero attached hydrogens (tertiary/aromatic N) is 2. The summed E-state index contributed by atoms with van der Waals surface area (Å²) >= 11 is 0. The number of hydrogen-bond donors (Lipinski definition) is 2.